The maximum atomic E-state index is 9.91. The molecule has 0 bridgehead atoms. The molecule has 0 spiro atoms. The molecule has 0 radical (unpaired) electrons. The van der Waals surface area contributed by atoms with Crippen LogP contribution in [0, 0.1) is 5.92 Å². The van der Waals surface area contributed by atoms with Gasteiger partial charge in [0.25, 0.3) is 0 Å². The number of β-amino-alcohol motifs (C(OH)–C–C–N with tert-alkyl or cyclic N) is 1. The van der Waals surface area contributed by atoms with E-state index < -0.39 is 5.60 Å². The van der Waals surface area contributed by atoms with Crippen LogP contribution in [0.4, 0.5) is 0 Å². The monoisotopic (exact) mass is 197 g/mol. The van der Waals surface area contributed by atoms with Gasteiger partial charge in [0, 0.05) is 19.1 Å². The summed E-state index contributed by atoms with van der Waals surface area (Å²) in [6.45, 7) is 6.33. The summed E-state index contributed by atoms with van der Waals surface area (Å²) in [5.41, 5.74) is -0.414. The number of rotatable bonds is 1. The summed E-state index contributed by atoms with van der Waals surface area (Å²) in [5.74, 6) is 0.925. The number of likely N-dealkylation sites (tertiary alicyclic amines) is 1. The third-order valence-electron chi connectivity index (χ3n) is 3.98. The molecule has 0 aromatic heterocycles. The van der Waals surface area contributed by atoms with Crippen molar-refractivity contribution < 1.29 is 5.11 Å². The normalized spacial score (nSPS) is 45.6. The highest BCUT2D eigenvalue weighted by molar-refractivity contribution is 4.90. The van der Waals surface area contributed by atoms with Crippen molar-refractivity contribution >= 4 is 0 Å². The van der Waals surface area contributed by atoms with Crippen LogP contribution in [0.5, 0.6) is 0 Å². The molecule has 1 saturated heterocycles. The summed E-state index contributed by atoms with van der Waals surface area (Å²) < 4.78 is 0. The van der Waals surface area contributed by atoms with Gasteiger partial charge < -0.3 is 5.11 Å². The van der Waals surface area contributed by atoms with Gasteiger partial charge in [-0.3, -0.25) is 4.90 Å². The van der Waals surface area contributed by atoms with E-state index in [0.717, 1.165) is 31.5 Å². The smallest absolute Gasteiger partial charge is 0.0758 e. The molecule has 0 amide bonds. The van der Waals surface area contributed by atoms with Gasteiger partial charge >= 0.3 is 0 Å². The van der Waals surface area contributed by atoms with E-state index in [1.54, 1.807) is 0 Å². The average molecular weight is 197 g/mol. The van der Waals surface area contributed by atoms with E-state index in [2.05, 4.69) is 11.8 Å². The van der Waals surface area contributed by atoms with Gasteiger partial charge in [0.05, 0.1) is 5.60 Å². The van der Waals surface area contributed by atoms with Crippen LogP contribution in [0.1, 0.15) is 46.0 Å². The van der Waals surface area contributed by atoms with Crippen LogP contribution in [-0.2, 0) is 0 Å². The van der Waals surface area contributed by atoms with Crippen LogP contribution >= 0.6 is 0 Å². The Balaban J connectivity index is 1.85. The molecule has 2 nitrogen and oxygen atoms in total. The third kappa shape index (κ3) is 2.29. The second-order valence-corrected chi connectivity index (χ2v) is 5.63. The Hall–Kier alpha value is -0.0800. The quantitative estimate of drug-likeness (QED) is 0.695. The molecule has 2 rings (SSSR count). The first-order chi connectivity index (χ1) is 6.57. The van der Waals surface area contributed by atoms with Crippen LogP contribution < -0.4 is 0 Å². The molecule has 82 valence electrons. The van der Waals surface area contributed by atoms with E-state index in [-0.39, 0.29) is 0 Å². The molecule has 2 fully saturated rings. The van der Waals surface area contributed by atoms with Crippen LogP contribution in [0.2, 0.25) is 0 Å². The SMILES string of the molecule is CC1CCC(N2CCC(C)(O)C2)CC1. The summed E-state index contributed by atoms with van der Waals surface area (Å²) in [6.07, 6.45) is 6.40. The zero-order chi connectivity index (χ0) is 10.2. The predicted octanol–water partition coefficient (Wildman–Crippen LogP) is 2.02. The second kappa shape index (κ2) is 3.82. The van der Waals surface area contributed by atoms with Gasteiger partial charge in [-0.25, -0.2) is 0 Å². The zero-order valence-corrected chi connectivity index (χ0v) is 9.50. The zero-order valence-electron chi connectivity index (χ0n) is 9.50. The molecule has 2 aliphatic rings. The summed E-state index contributed by atoms with van der Waals surface area (Å²) in [7, 11) is 0. The first kappa shape index (κ1) is 10.4. The van der Waals surface area contributed by atoms with Crippen LogP contribution in [0.25, 0.3) is 0 Å². The lowest BCUT2D eigenvalue weighted by atomic mass is 9.87. The molecule has 0 aromatic rings. The molecular formula is C12H23NO. The Morgan fingerprint density at radius 3 is 2.36 bits per heavy atom. The van der Waals surface area contributed by atoms with Crippen molar-refractivity contribution in [3.8, 4) is 0 Å². The van der Waals surface area contributed by atoms with Crippen molar-refractivity contribution in [2.45, 2.75) is 57.6 Å². The van der Waals surface area contributed by atoms with E-state index in [4.69, 9.17) is 0 Å². The molecule has 1 unspecified atom stereocenters. The van der Waals surface area contributed by atoms with Crippen molar-refractivity contribution in [3.05, 3.63) is 0 Å². The fourth-order valence-electron chi connectivity index (χ4n) is 2.90. The Kier molecular flexibility index (Phi) is 2.85. The van der Waals surface area contributed by atoms with E-state index in [1.165, 1.54) is 25.7 Å². The lowest BCUT2D eigenvalue weighted by molar-refractivity contribution is 0.0564. The molecular weight excluding hydrogens is 174 g/mol. The molecule has 2 heteroatoms. The van der Waals surface area contributed by atoms with Crippen molar-refractivity contribution in [1.29, 1.82) is 0 Å². The lowest BCUT2D eigenvalue weighted by Crippen LogP contribution is -2.38. The first-order valence-electron chi connectivity index (χ1n) is 6.03. The Morgan fingerprint density at radius 1 is 1.21 bits per heavy atom. The molecule has 1 N–H and O–H groups in total. The Bertz CT molecular complexity index is 194. The standard InChI is InChI=1S/C12H23NO/c1-10-3-5-11(6-4-10)13-8-7-12(2,14)9-13/h10-11,14H,3-9H2,1-2H3. The van der Waals surface area contributed by atoms with E-state index in [1.807, 2.05) is 6.92 Å². The highest BCUT2D eigenvalue weighted by Crippen LogP contribution is 2.31. The average Bonchev–Trinajstić information content (AvgIpc) is 2.47. The minimum absolute atomic E-state index is 0.414. The highest BCUT2D eigenvalue weighted by atomic mass is 16.3. The van der Waals surface area contributed by atoms with Crippen molar-refractivity contribution in [2.24, 2.45) is 5.92 Å². The van der Waals surface area contributed by atoms with Gasteiger partial charge in [0.15, 0.2) is 0 Å². The summed E-state index contributed by atoms with van der Waals surface area (Å²) >= 11 is 0. The van der Waals surface area contributed by atoms with E-state index in [0.29, 0.717) is 0 Å². The first-order valence-corrected chi connectivity index (χ1v) is 6.03. The van der Waals surface area contributed by atoms with Gasteiger partial charge in [0.1, 0.15) is 0 Å². The highest BCUT2D eigenvalue weighted by Gasteiger charge is 2.35. The van der Waals surface area contributed by atoms with Gasteiger partial charge in [0.2, 0.25) is 0 Å². The Labute approximate surface area is 87.3 Å². The van der Waals surface area contributed by atoms with Crippen molar-refractivity contribution in [2.75, 3.05) is 13.1 Å². The van der Waals surface area contributed by atoms with E-state index >= 15 is 0 Å². The maximum absolute atomic E-state index is 9.91. The minimum Gasteiger partial charge on any atom is -0.389 e. The summed E-state index contributed by atoms with van der Waals surface area (Å²) in [4.78, 5) is 2.51. The van der Waals surface area contributed by atoms with Crippen LogP contribution in [0.15, 0.2) is 0 Å². The fourth-order valence-corrected chi connectivity index (χ4v) is 2.90. The minimum atomic E-state index is -0.414. The van der Waals surface area contributed by atoms with Crippen LogP contribution in [0.3, 0.4) is 0 Å². The third-order valence-corrected chi connectivity index (χ3v) is 3.98. The predicted molar refractivity (Wildman–Crippen MR) is 58.2 cm³/mol. The van der Waals surface area contributed by atoms with E-state index in [9.17, 15) is 5.11 Å². The summed E-state index contributed by atoms with van der Waals surface area (Å²) in [6, 6.07) is 0.764. The largest absolute Gasteiger partial charge is 0.389 e. The number of hydrogen-bond acceptors (Lipinski definition) is 2. The van der Waals surface area contributed by atoms with Gasteiger partial charge in [-0.05, 0) is 44.9 Å². The van der Waals surface area contributed by atoms with Gasteiger partial charge in [-0.2, -0.15) is 0 Å². The molecule has 1 saturated carbocycles. The number of aliphatic hydroxyl groups is 1. The molecule has 1 aliphatic heterocycles. The van der Waals surface area contributed by atoms with Crippen LogP contribution in [-0.4, -0.2) is 34.7 Å². The maximum Gasteiger partial charge on any atom is 0.0758 e. The molecule has 14 heavy (non-hydrogen) atoms. The van der Waals surface area contributed by atoms with Crippen molar-refractivity contribution in [1.82, 2.24) is 4.90 Å². The summed E-state index contributed by atoms with van der Waals surface area (Å²) in [5, 5.41) is 9.91. The molecule has 1 atom stereocenters. The van der Waals surface area contributed by atoms with Crippen molar-refractivity contribution in [3.63, 3.8) is 0 Å². The fraction of sp³-hybridized carbons (Fsp3) is 1.00. The Morgan fingerprint density at radius 2 is 1.86 bits per heavy atom. The van der Waals surface area contributed by atoms with Gasteiger partial charge in [-0.15, -0.1) is 0 Å². The number of nitrogens with zero attached hydrogens (tertiary/aromatic N) is 1. The molecule has 1 aliphatic carbocycles. The lowest BCUT2D eigenvalue weighted by Gasteiger charge is -2.33. The molecule has 0 aromatic carbocycles. The number of hydrogen-bond donors (Lipinski definition) is 1. The topological polar surface area (TPSA) is 23.5 Å². The second-order valence-electron chi connectivity index (χ2n) is 5.63. The molecule has 1 heterocycles. The van der Waals surface area contributed by atoms with Gasteiger partial charge in [-0.1, -0.05) is 6.92 Å².